The smallest absolute Gasteiger partial charge is 0.336 e. The molecule has 7 nitrogen and oxygen atoms in total. The van der Waals surface area contributed by atoms with Crippen molar-refractivity contribution in [1.82, 2.24) is 0 Å². The molecule has 3 atom stereocenters. The summed E-state index contributed by atoms with van der Waals surface area (Å²) in [5, 5.41) is 39.0. The molecular weight excluding hydrogens is 280 g/mol. The second-order valence-electron chi connectivity index (χ2n) is 6.29. The van der Waals surface area contributed by atoms with Crippen LogP contribution in [0.4, 0.5) is 0 Å². The van der Waals surface area contributed by atoms with Crippen molar-refractivity contribution >= 4 is 17.9 Å². The van der Waals surface area contributed by atoms with Gasteiger partial charge in [0.25, 0.3) is 0 Å². The van der Waals surface area contributed by atoms with Crippen LogP contribution in [-0.4, -0.2) is 43.9 Å². The molecule has 0 radical (unpaired) electrons. The summed E-state index contributed by atoms with van der Waals surface area (Å²) in [5.74, 6) is -6.38. The first-order valence-electron chi connectivity index (χ1n) is 6.74. The van der Waals surface area contributed by atoms with Crippen molar-refractivity contribution in [2.45, 2.75) is 53.1 Å². The van der Waals surface area contributed by atoms with E-state index in [4.69, 9.17) is 0 Å². The van der Waals surface area contributed by atoms with Crippen molar-refractivity contribution in [3.05, 3.63) is 0 Å². The third-order valence-corrected chi connectivity index (χ3v) is 4.15. The lowest BCUT2D eigenvalue weighted by atomic mass is 9.54. The van der Waals surface area contributed by atoms with E-state index in [0.29, 0.717) is 0 Å². The zero-order valence-electron chi connectivity index (χ0n) is 13.0. The predicted octanol–water partition coefficient (Wildman–Crippen LogP) is 1.44. The molecule has 7 heteroatoms. The molecule has 0 aromatic rings. The number of hydrogen-bond acceptors (Lipinski definition) is 4. The van der Waals surface area contributed by atoms with Crippen LogP contribution in [0.2, 0.25) is 0 Å². The topological polar surface area (TPSA) is 132 Å². The van der Waals surface area contributed by atoms with Gasteiger partial charge in [0.05, 0.1) is 5.92 Å². The first-order chi connectivity index (χ1) is 9.32. The lowest BCUT2D eigenvalue weighted by molar-refractivity contribution is -0.209. The number of rotatable bonds is 7. The third-order valence-electron chi connectivity index (χ3n) is 4.15. The summed E-state index contributed by atoms with van der Waals surface area (Å²) in [7, 11) is 0. The molecular formula is C14H24O7. The summed E-state index contributed by atoms with van der Waals surface area (Å²) in [6, 6.07) is 0. The minimum atomic E-state index is -2.68. The maximum Gasteiger partial charge on any atom is 0.336 e. The molecule has 21 heavy (non-hydrogen) atoms. The molecule has 0 spiro atoms. The Balaban J connectivity index is 6.66. The Kier molecular flexibility index (Phi) is 5.54. The molecule has 0 aromatic heterocycles. The van der Waals surface area contributed by atoms with Crippen LogP contribution in [-0.2, 0) is 14.4 Å². The number of hydrogen-bond donors (Lipinski definition) is 4. The van der Waals surface area contributed by atoms with Crippen LogP contribution in [0, 0.1) is 16.7 Å². The van der Waals surface area contributed by atoms with E-state index < -0.39 is 46.7 Å². The van der Waals surface area contributed by atoms with Gasteiger partial charge in [0.2, 0.25) is 0 Å². The van der Waals surface area contributed by atoms with E-state index >= 15 is 0 Å². The average Bonchev–Trinajstić information content (AvgIpc) is 2.31. The number of carboxylic acids is 3. The normalized spacial score (nSPS) is 19.1. The van der Waals surface area contributed by atoms with Crippen molar-refractivity contribution < 1.29 is 34.8 Å². The highest BCUT2D eigenvalue weighted by Crippen LogP contribution is 2.51. The molecule has 0 saturated carbocycles. The molecule has 1 unspecified atom stereocenters. The summed E-state index contributed by atoms with van der Waals surface area (Å²) in [4.78, 5) is 35.1. The summed E-state index contributed by atoms with van der Waals surface area (Å²) in [6.45, 7) is 7.23. The van der Waals surface area contributed by atoms with E-state index in [9.17, 15) is 34.8 Å². The lowest BCUT2D eigenvalue weighted by Crippen LogP contribution is -2.65. The summed E-state index contributed by atoms with van der Waals surface area (Å²) < 4.78 is 0. The van der Waals surface area contributed by atoms with Gasteiger partial charge < -0.3 is 20.4 Å². The van der Waals surface area contributed by atoms with E-state index in [1.807, 2.05) is 0 Å². The molecule has 0 bridgehead atoms. The third kappa shape index (κ3) is 2.88. The van der Waals surface area contributed by atoms with Crippen LogP contribution in [0.3, 0.4) is 0 Å². The molecule has 0 amide bonds. The Morgan fingerprint density at radius 3 is 1.48 bits per heavy atom. The molecule has 0 aliphatic rings. The summed E-state index contributed by atoms with van der Waals surface area (Å²) in [6.07, 6.45) is -0.741. The average molecular weight is 304 g/mol. The monoisotopic (exact) mass is 304 g/mol. The standard InChI is InChI=1S/C14H24O7/c1-6-13(10(17)18,14(21,7-2)11(19)20)8(9(15)16)12(3,4)5/h8,21H,6-7H2,1-5H3,(H,15,16)(H,17,18)(H,19,20)/t8?,13-,14+/m0/s1. The Bertz CT molecular complexity index is 437. The van der Waals surface area contributed by atoms with Crippen molar-refractivity contribution in [3.63, 3.8) is 0 Å². The SMILES string of the molecule is CC[C@@](O)(C(=O)O)[C@](CC)(C(=O)O)C(C(=O)O)C(C)(C)C. The van der Waals surface area contributed by atoms with Gasteiger partial charge in [-0.05, 0) is 18.3 Å². The van der Waals surface area contributed by atoms with Crippen LogP contribution >= 0.6 is 0 Å². The molecule has 0 aliphatic heterocycles. The fraction of sp³-hybridized carbons (Fsp3) is 0.786. The second-order valence-corrected chi connectivity index (χ2v) is 6.29. The largest absolute Gasteiger partial charge is 0.481 e. The molecule has 0 heterocycles. The van der Waals surface area contributed by atoms with Gasteiger partial charge in [0, 0.05) is 0 Å². The molecule has 0 rings (SSSR count). The molecule has 4 N–H and O–H groups in total. The van der Waals surface area contributed by atoms with Crippen LogP contribution in [0.5, 0.6) is 0 Å². The Labute approximate surface area is 123 Å². The minimum Gasteiger partial charge on any atom is -0.481 e. The van der Waals surface area contributed by atoms with Crippen molar-refractivity contribution in [2.75, 3.05) is 0 Å². The number of aliphatic hydroxyl groups is 1. The maximum absolute atomic E-state index is 11.9. The van der Waals surface area contributed by atoms with E-state index in [1.165, 1.54) is 34.6 Å². The highest BCUT2D eigenvalue weighted by Gasteiger charge is 2.67. The fourth-order valence-corrected chi connectivity index (χ4v) is 3.16. The van der Waals surface area contributed by atoms with Gasteiger partial charge in [-0.1, -0.05) is 34.6 Å². The van der Waals surface area contributed by atoms with E-state index in [1.54, 1.807) is 0 Å². The summed E-state index contributed by atoms with van der Waals surface area (Å²) >= 11 is 0. The fourth-order valence-electron chi connectivity index (χ4n) is 3.16. The van der Waals surface area contributed by atoms with Gasteiger partial charge in [-0.15, -0.1) is 0 Å². The van der Waals surface area contributed by atoms with Gasteiger partial charge >= 0.3 is 17.9 Å². The van der Waals surface area contributed by atoms with Crippen LogP contribution in [0.1, 0.15) is 47.5 Å². The van der Waals surface area contributed by atoms with Crippen LogP contribution in [0.25, 0.3) is 0 Å². The molecule has 0 aliphatic carbocycles. The molecule has 0 saturated heterocycles. The molecule has 0 aromatic carbocycles. The first kappa shape index (κ1) is 19.4. The number of aliphatic carboxylic acids is 3. The number of carbonyl (C=O) groups is 3. The van der Waals surface area contributed by atoms with Gasteiger partial charge in [0.15, 0.2) is 5.60 Å². The predicted molar refractivity (Wildman–Crippen MR) is 73.8 cm³/mol. The van der Waals surface area contributed by atoms with Gasteiger partial charge in [-0.3, -0.25) is 9.59 Å². The van der Waals surface area contributed by atoms with E-state index in [-0.39, 0.29) is 6.42 Å². The minimum absolute atomic E-state index is 0.326. The highest BCUT2D eigenvalue weighted by molar-refractivity contribution is 5.93. The lowest BCUT2D eigenvalue weighted by Gasteiger charge is -2.48. The number of carboxylic acid groups (broad SMARTS) is 3. The van der Waals surface area contributed by atoms with Gasteiger partial charge in [-0.2, -0.15) is 0 Å². The van der Waals surface area contributed by atoms with Gasteiger partial charge in [0.1, 0.15) is 5.41 Å². The van der Waals surface area contributed by atoms with Crippen molar-refractivity contribution in [2.24, 2.45) is 16.7 Å². The highest BCUT2D eigenvalue weighted by atomic mass is 16.4. The van der Waals surface area contributed by atoms with Crippen molar-refractivity contribution in [1.29, 1.82) is 0 Å². The van der Waals surface area contributed by atoms with Crippen LogP contribution in [0.15, 0.2) is 0 Å². The maximum atomic E-state index is 11.9. The molecule has 0 fully saturated rings. The van der Waals surface area contributed by atoms with Crippen LogP contribution < -0.4 is 0 Å². The quantitative estimate of drug-likeness (QED) is 0.559. The van der Waals surface area contributed by atoms with Crippen molar-refractivity contribution in [3.8, 4) is 0 Å². The van der Waals surface area contributed by atoms with E-state index in [2.05, 4.69) is 0 Å². The summed E-state index contributed by atoms with van der Waals surface area (Å²) in [5.41, 5.74) is -6.07. The Morgan fingerprint density at radius 2 is 1.33 bits per heavy atom. The first-order valence-corrected chi connectivity index (χ1v) is 6.74. The Morgan fingerprint density at radius 1 is 0.905 bits per heavy atom. The van der Waals surface area contributed by atoms with Gasteiger partial charge in [-0.25, -0.2) is 4.79 Å². The van der Waals surface area contributed by atoms with E-state index in [0.717, 1.165) is 0 Å². The molecule has 122 valence electrons. The zero-order chi connectivity index (χ0) is 17.2. The zero-order valence-corrected chi connectivity index (χ0v) is 13.0. The Hall–Kier alpha value is -1.63. The second kappa shape index (κ2) is 6.01.